The number of carbonyl (C=O) groups excluding carboxylic acids is 3. The molecule has 1 saturated heterocycles. The molecular formula is C23H25N3O3. The fraction of sp³-hybridized carbons (Fsp3) is 0.348. The Labute approximate surface area is 170 Å². The molecule has 4 rings (SSSR count). The zero-order chi connectivity index (χ0) is 20.5. The molecule has 29 heavy (non-hydrogen) atoms. The van der Waals surface area contributed by atoms with E-state index < -0.39 is 0 Å². The number of nitrogens with one attached hydrogen (secondary N) is 1. The first-order chi connectivity index (χ1) is 13.9. The molecule has 150 valence electrons. The number of nitrogens with zero attached hydrogens (tertiary/aromatic N) is 2. The van der Waals surface area contributed by atoms with Gasteiger partial charge in [0, 0.05) is 44.0 Å². The number of anilines is 2. The third-order valence-electron chi connectivity index (χ3n) is 5.70. The molecule has 0 aromatic heterocycles. The topological polar surface area (TPSA) is 69.7 Å². The summed E-state index contributed by atoms with van der Waals surface area (Å²) in [4.78, 5) is 40.4. The van der Waals surface area contributed by atoms with Gasteiger partial charge in [0.1, 0.15) is 0 Å². The molecule has 6 heteroatoms. The summed E-state index contributed by atoms with van der Waals surface area (Å²) in [6.07, 6.45) is 3.53. The highest BCUT2D eigenvalue weighted by Crippen LogP contribution is 2.31. The lowest BCUT2D eigenvalue weighted by atomic mass is 10.1. The minimum absolute atomic E-state index is 0.0185. The van der Waals surface area contributed by atoms with Crippen molar-refractivity contribution in [2.45, 2.75) is 25.7 Å². The van der Waals surface area contributed by atoms with Crippen molar-refractivity contribution in [3.63, 3.8) is 0 Å². The number of rotatable bonds is 4. The molecule has 0 saturated carbocycles. The van der Waals surface area contributed by atoms with Crippen molar-refractivity contribution in [3.05, 3.63) is 59.2 Å². The van der Waals surface area contributed by atoms with Gasteiger partial charge in [-0.2, -0.15) is 0 Å². The molecule has 6 nitrogen and oxygen atoms in total. The van der Waals surface area contributed by atoms with Crippen LogP contribution in [0.15, 0.2) is 42.5 Å². The maximum atomic E-state index is 12.7. The molecule has 0 unspecified atom stereocenters. The molecule has 2 aromatic rings. The Bertz CT molecular complexity index is 966. The SMILES string of the molecule is CN(C)C(=O)c1ccc(NC(=O)[C@@H]2CC(=O)N(c3ccc4c(c3)CCC4)C2)cc1. The van der Waals surface area contributed by atoms with E-state index in [0.717, 1.165) is 24.9 Å². The summed E-state index contributed by atoms with van der Waals surface area (Å²) < 4.78 is 0. The highest BCUT2D eigenvalue weighted by atomic mass is 16.2. The molecule has 1 atom stereocenters. The first-order valence-corrected chi connectivity index (χ1v) is 9.97. The number of hydrogen-bond donors (Lipinski definition) is 1. The summed E-state index contributed by atoms with van der Waals surface area (Å²) in [6.45, 7) is 0.390. The lowest BCUT2D eigenvalue weighted by Gasteiger charge is -2.18. The second-order valence-electron chi connectivity index (χ2n) is 7.98. The smallest absolute Gasteiger partial charge is 0.253 e. The minimum atomic E-state index is -0.390. The fourth-order valence-electron chi connectivity index (χ4n) is 4.06. The Hall–Kier alpha value is -3.15. The zero-order valence-corrected chi connectivity index (χ0v) is 16.8. The van der Waals surface area contributed by atoms with Crippen molar-refractivity contribution in [3.8, 4) is 0 Å². The van der Waals surface area contributed by atoms with E-state index in [-0.39, 0.29) is 30.1 Å². The number of hydrogen-bond acceptors (Lipinski definition) is 3. The largest absolute Gasteiger partial charge is 0.345 e. The monoisotopic (exact) mass is 391 g/mol. The third-order valence-corrected chi connectivity index (χ3v) is 5.70. The van der Waals surface area contributed by atoms with Crippen LogP contribution in [-0.2, 0) is 22.4 Å². The summed E-state index contributed by atoms with van der Waals surface area (Å²) in [6, 6.07) is 13.0. The van der Waals surface area contributed by atoms with Crippen molar-refractivity contribution in [1.82, 2.24) is 4.90 Å². The quantitative estimate of drug-likeness (QED) is 0.871. The van der Waals surface area contributed by atoms with Gasteiger partial charge in [0.25, 0.3) is 5.91 Å². The predicted octanol–water partition coefficient (Wildman–Crippen LogP) is 2.87. The van der Waals surface area contributed by atoms with Crippen LogP contribution in [0.25, 0.3) is 0 Å². The molecule has 0 spiro atoms. The van der Waals surface area contributed by atoms with Crippen LogP contribution in [0, 0.1) is 5.92 Å². The molecule has 1 aliphatic heterocycles. The maximum absolute atomic E-state index is 12.7. The first kappa shape index (κ1) is 19.2. The van der Waals surface area contributed by atoms with Crippen LogP contribution in [0.1, 0.15) is 34.3 Å². The standard InChI is InChI=1S/C23H25N3O3/c1-25(2)23(29)16-6-9-19(10-7-16)24-22(28)18-13-21(27)26(14-18)20-11-8-15-4-3-5-17(15)12-20/h6-12,18H,3-5,13-14H2,1-2H3,(H,24,28)/t18-/m1/s1. The number of benzene rings is 2. The molecule has 1 fully saturated rings. The second-order valence-corrected chi connectivity index (χ2v) is 7.98. The van der Waals surface area contributed by atoms with Gasteiger partial charge >= 0.3 is 0 Å². The van der Waals surface area contributed by atoms with E-state index in [1.807, 2.05) is 6.07 Å². The zero-order valence-electron chi connectivity index (χ0n) is 16.8. The Morgan fingerprint density at radius 3 is 2.48 bits per heavy atom. The minimum Gasteiger partial charge on any atom is -0.345 e. The van der Waals surface area contributed by atoms with Crippen LogP contribution < -0.4 is 10.2 Å². The summed E-state index contributed by atoms with van der Waals surface area (Å²) in [7, 11) is 3.39. The predicted molar refractivity (Wildman–Crippen MR) is 112 cm³/mol. The van der Waals surface area contributed by atoms with Crippen molar-refractivity contribution in [2.24, 2.45) is 5.92 Å². The van der Waals surface area contributed by atoms with Crippen LogP contribution in [0.2, 0.25) is 0 Å². The molecule has 1 N–H and O–H groups in total. The Kier molecular flexibility index (Phi) is 5.09. The highest BCUT2D eigenvalue weighted by Gasteiger charge is 2.35. The van der Waals surface area contributed by atoms with Gasteiger partial charge in [-0.15, -0.1) is 0 Å². The molecule has 3 amide bonds. The summed E-state index contributed by atoms with van der Waals surface area (Å²) in [5.74, 6) is -0.670. The first-order valence-electron chi connectivity index (χ1n) is 9.97. The third kappa shape index (κ3) is 3.88. The van der Waals surface area contributed by atoms with Crippen molar-refractivity contribution in [2.75, 3.05) is 30.9 Å². The number of amides is 3. The summed E-state index contributed by atoms with van der Waals surface area (Å²) in [5.41, 5.74) is 4.75. The van der Waals surface area contributed by atoms with E-state index in [0.29, 0.717) is 17.8 Å². The average molecular weight is 391 g/mol. The Morgan fingerprint density at radius 1 is 1.03 bits per heavy atom. The van der Waals surface area contributed by atoms with E-state index in [2.05, 4.69) is 17.4 Å². The van der Waals surface area contributed by atoms with Crippen molar-refractivity contribution >= 4 is 29.1 Å². The van der Waals surface area contributed by atoms with E-state index in [9.17, 15) is 14.4 Å². The van der Waals surface area contributed by atoms with Gasteiger partial charge in [-0.1, -0.05) is 6.07 Å². The van der Waals surface area contributed by atoms with Gasteiger partial charge in [0.15, 0.2) is 0 Å². The molecule has 2 aromatic carbocycles. The van der Waals surface area contributed by atoms with Crippen LogP contribution in [0.3, 0.4) is 0 Å². The van der Waals surface area contributed by atoms with Crippen LogP contribution in [0.4, 0.5) is 11.4 Å². The maximum Gasteiger partial charge on any atom is 0.253 e. The normalized spacial score (nSPS) is 17.9. The van der Waals surface area contributed by atoms with E-state index >= 15 is 0 Å². The molecule has 0 radical (unpaired) electrons. The van der Waals surface area contributed by atoms with Crippen molar-refractivity contribution in [1.29, 1.82) is 0 Å². The average Bonchev–Trinajstić information content (AvgIpc) is 3.33. The van der Waals surface area contributed by atoms with Crippen LogP contribution in [0.5, 0.6) is 0 Å². The van der Waals surface area contributed by atoms with Gasteiger partial charge in [-0.3, -0.25) is 14.4 Å². The van der Waals surface area contributed by atoms with Crippen LogP contribution in [-0.4, -0.2) is 43.3 Å². The second kappa shape index (κ2) is 7.70. The lowest BCUT2D eigenvalue weighted by Crippen LogP contribution is -2.28. The van der Waals surface area contributed by atoms with Gasteiger partial charge in [0.2, 0.25) is 11.8 Å². The Morgan fingerprint density at radius 2 is 1.76 bits per heavy atom. The van der Waals surface area contributed by atoms with Crippen molar-refractivity contribution < 1.29 is 14.4 Å². The molecule has 2 aliphatic rings. The molecular weight excluding hydrogens is 366 g/mol. The molecule has 0 bridgehead atoms. The van der Waals surface area contributed by atoms with Gasteiger partial charge in [0.05, 0.1) is 5.92 Å². The molecule has 1 aliphatic carbocycles. The highest BCUT2D eigenvalue weighted by molar-refractivity contribution is 6.03. The van der Waals surface area contributed by atoms with Gasteiger partial charge < -0.3 is 15.1 Å². The van der Waals surface area contributed by atoms with E-state index in [1.165, 1.54) is 16.0 Å². The number of carbonyl (C=O) groups is 3. The number of fused-ring (bicyclic) bond motifs is 1. The summed E-state index contributed by atoms with van der Waals surface area (Å²) in [5, 5.41) is 2.87. The lowest BCUT2D eigenvalue weighted by molar-refractivity contribution is -0.122. The summed E-state index contributed by atoms with van der Waals surface area (Å²) >= 11 is 0. The van der Waals surface area contributed by atoms with E-state index in [1.54, 1.807) is 43.3 Å². The van der Waals surface area contributed by atoms with Gasteiger partial charge in [-0.25, -0.2) is 0 Å². The van der Waals surface area contributed by atoms with Crippen LogP contribution >= 0.6 is 0 Å². The van der Waals surface area contributed by atoms with Gasteiger partial charge in [-0.05, 0) is 66.8 Å². The number of aryl methyl sites for hydroxylation is 2. The van der Waals surface area contributed by atoms with E-state index in [4.69, 9.17) is 0 Å². The Balaban J connectivity index is 1.41. The molecule has 1 heterocycles. The fourth-order valence-corrected chi connectivity index (χ4v) is 4.06.